The fourth-order valence-corrected chi connectivity index (χ4v) is 4.83. The number of esters is 1. The van der Waals surface area contributed by atoms with Crippen LogP contribution in [-0.4, -0.2) is 41.3 Å². The Morgan fingerprint density at radius 2 is 1.91 bits per heavy atom. The zero-order valence-corrected chi connectivity index (χ0v) is 22.6. The number of hydrogen-bond donors (Lipinski definition) is 0. The first-order valence-corrected chi connectivity index (χ1v) is 12.4. The van der Waals surface area contributed by atoms with Gasteiger partial charge in [0.2, 0.25) is 0 Å². The zero-order chi connectivity index (χ0) is 25.0. The van der Waals surface area contributed by atoms with Gasteiger partial charge in [-0.25, -0.2) is 0 Å². The van der Waals surface area contributed by atoms with Gasteiger partial charge in [-0.1, -0.05) is 29.8 Å². The monoisotopic (exact) mass is 595 g/mol. The predicted octanol–water partition coefficient (Wildman–Crippen LogP) is 5.57. The van der Waals surface area contributed by atoms with Crippen molar-refractivity contribution in [2.75, 3.05) is 13.7 Å². The van der Waals surface area contributed by atoms with Crippen LogP contribution in [0.3, 0.4) is 0 Å². The first-order valence-electron chi connectivity index (χ1n) is 10.5. The first-order chi connectivity index (χ1) is 16.0. The average molecular weight is 595 g/mol. The van der Waals surface area contributed by atoms with Crippen molar-refractivity contribution in [3.05, 3.63) is 61.6 Å². The van der Waals surface area contributed by atoms with Gasteiger partial charge in [0.15, 0.2) is 11.5 Å². The molecule has 0 spiro atoms. The molecule has 0 unspecified atom stereocenters. The number of amides is 2. The molecule has 2 aromatic carbocycles. The van der Waals surface area contributed by atoms with E-state index >= 15 is 0 Å². The molecule has 9 heteroatoms. The third-order valence-electron chi connectivity index (χ3n) is 4.60. The normalized spacial score (nSPS) is 15.1. The van der Waals surface area contributed by atoms with E-state index in [1.54, 1.807) is 40.0 Å². The highest BCUT2D eigenvalue weighted by Crippen LogP contribution is 2.37. The van der Waals surface area contributed by atoms with Gasteiger partial charge in [0.05, 0.1) is 15.6 Å². The van der Waals surface area contributed by atoms with Gasteiger partial charge in [-0.15, -0.1) is 0 Å². The molecule has 1 aliphatic heterocycles. The van der Waals surface area contributed by atoms with Crippen molar-refractivity contribution in [2.45, 2.75) is 39.9 Å². The van der Waals surface area contributed by atoms with Crippen molar-refractivity contribution in [3.8, 4) is 11.5 Å². The number of imide groups is 1. The Morgan fingerprint density at radius 1 is 1.18 bits per heavy atom. The second kappa shape index (κ2) is 10.8. The van der Waals surface area contributed by atoms with Crippen molar-refractivity contribution < 1.29 is 28.6 Å². The maximum atomic E-state index is 12.8. The van der Waals surface area contributed by atoms with Crippen LogP contribution >= 0.6 is 34.4 Å². The molecule has 2 amide bonds. The first kappa shape index (κ1) is 26.1. The lowest BCUT2D eigenvalue weighted by Crippen LogP contribution is -2.37. The van der Waals surface area contributed by atoms with Gasteiger partial charge in [0, 0.05) is 0 Å². The van der Waals surface area contributed by atoms with E-state index in [1.165, 1.54) is 0 Å². The van der Waals surface area contributed by atoms with E-state index in [2.05, 4.69) is 28.7 Å². The van der Waals surface area contributed by atoms with Crippen LogP contribution in [0, 0.1) is 10.5 Å². The van der Waals surface area contributed by atoms with Crippen LogP contribution in [0.2, 0.25) is 0 Å². The molecule has 7 nitrogen and oxygen atoms in total. The number of aryl methyl sites for hydroxylation is 1. The average Bonchev–Trinajstić information content (AvgIpc) is 2.98. The van der Waals surface area contributed by atoms with Crippen LogP contribution in [0.1, 0.15) is 37.5 Å². The lowest BCUT2D eigenvalue weighted by Gasteiger charge is -2.21. The highest BCUT2D eigenvalue weighted by Gasteiger charge is 2.37. The number of methoxy groups -OCH3 is 1. The molecule has 1 aliphatic rings. The van der Waals surface area contributed by atoms with E-state index in [9.17, 15) is 14.4 Å². The summed E-state index contributed by atoms with van der Waals surface area (Å²) in [5.41, 5.74) is 2.16. The summed E-state index contributed by atoms with van der Waals surface area (Å²) in [7, 11) is 1.55. The van der Waals surface area contributed by atoms with E-state index in [0.717, 1.165) is 31.4 Å². The Balaban J connectivity index is 1.77. The van der Waals surface area contributed by atoms with Crippen LogP contribution < -0.4 is 9.47 Å². The molecule has 0 radical (unpaired) electrons. The Hall–Kier alpha value is -2.53. The molecule has 1 heterocycles. The fourth-order valence-electron chi connectivity index (χ4n) is 3.21. The number of carbonyl (C=O) groups is 3. The van der Waals surface area contributed by atoms with Gasteiger partial charge in [-0.3, -0.25) is 19.3 Å². The Labute approximate surface area is 217 Å². The highest BCUT2D eigenvalue weighted by molar-refractivity contribution is 14.1. The Kier molecular flexibility index (Phi) is 8.29. The summed E-state index contributed by atoms with van der Waals surface area (Å²) >= 11 is 2.93. The van der Waals surface area contributed by atoms with Gasteiger partial charge >= 0.3 is 5.97 Å². The van der Waals surface area contributed by atoms with E-state index < -0.39 is 29.3 Å². The van der Waals surface area contributed by atoms with E-state index in [0.29, 0.717) is 23.7 Å². The minimum Gasteiger partial charge on any atom is -0.493 e. The molecule has 0 bridgehead atoms. The maximum absolute atomic E-state index is 12.8. The maximum Gasteiger partial charge on any atom is 0.326 e. The largest absolute Gasteiger partial charge is 0.493 e. The molecular formula is C25H26INO6S. The minimum atomic E-state index is -0.703. The smallest absolute Gasteiger partial charge is 0.326 e. The number of rotatable bonds is 7. The summed E-state index contributed by atoms with van der Waals surface area (Å²) in [5, 5.41) is -0.512. The molecule has 0 aliphatic carbocycles. The standard InChI is InChI=1S/C25H26INO6S/c1-15-7-6-8-16(9-15)14-32-22-18(26)10-17(11-19(22)31-5)12-20-23(29)27(24(30)34-20)13-21(28)33-25(2,3)4/h6-12H,13-14H2,1-5H3. The number of carbonyl (C=O) groups excluding carboxylic acids is 3. The fraction of sp³-hybridized carbons (Fsp3) is 0.320. The van der Waals surface area contributed by atoms with E-state index in [4.69, 9.17) is 14.2 Å². The Morgan fingerprint density at radius 3 is 2.56 bits per heavy atom. The van der Waals surface area contributed by atoms with Crippen molar-refractivity contribution in [2.24, 2.45) is 0 Å². The number of halogens is 1. The third kappa shape index (κ3) is 6.75. The number of benzene rings is 2. The summed E-state index contributed by atoms with van der Waals surface area (Å²) in [4.78, 5) is 38.3. The topological polar surface area (TPSA) is 82.1 Å². The number of ether oxygens (including phenoxy) is 3. The van der Waals surface area contributed by atoms with E-state index in [-0.39, 0.29) is 4.91 Å². The summed E-state index contributed by atoms with van der Waals surface area (Å²) in [5.74, 6) is -0.0597. The number of nitrogens with zero attached hydrogens (tertiary/aromatic N) is 1. The molecular weight excluding hydrogens is 569 g/mol. The van der Waals surface area contributed by atoms with Gasteiger partial charge in [-0.05, 0) is 91.4 Å². The highest BCUT2D eigenvalue weighted by atomic mass is 127. The quantitative estimate of drug-likeness (QED) is 0.235. The van der Waals surface area contributed by atoms with Gasteiger partial charge in [0.25, 0.3) is 11.1 Å². The van der Waals surface area contributed by atoms with E-state index in [1.807, 2.05) is 31.2 Å². The second-order valence-corrected chi connectivity index (χ2v) is 10.8. The molecule has 0 aromatic heterocycles. The molecule has 0 N–H and O–H groups in total. The minimum absolute atomic E-state index is 0.222. The van der Waals surface area contributed by atoms with Crippen molar-refractivity contribution in [1.82, 2.24) is 4.90 Å². The summed E-state index contributed by atoms with van der Waals surface area (Å²) in [6.07, 6.45) is 1.61. The SMILES string of the molecule is COc1cc(C=C2SC(=O)N(CC(=O)OC(C)(C)C)C2=O)cc(I)c1OCc1cccc(C)c1. The summed E-state index contributed by atoms with van der Waals surface area (Å²) in [6, 6.07) is 11.6. The third-order valence-corrected chi connectivity index (χ3v) is 6.30. The molecule has 2 aromatic rings. The van der Waals surface area contributed by atoms with Crippen molar-refractivity contribution in [1.29, 1.82) is 0 Å². The molecule has 3 rings (SSSR count). The molecule has 1 saturated heterocycles. The molecule has 0 atom stereocenters. The van der Waals surface area contributed by atoms with Crippen LogP contribution in [0.25, 0.3) is 6.08 Å². The summed E-state index contributed by atoms with van der Waals surface area (Å²) in [6.45, 7) is 7.16. The molecule has 1 fully saturated rings. The number of hydrogen-bond acceptors (Lipinski definition) is 7. The Bertz CT molecular complexity index is 1150. The molecule has 180 valence electrons. The lowest BCUT2D eigenvalue weighted by atomic mass is 10.1. The van der Waals surface area contributed by atoms with Gasteiger partial charge < -0.3 is 14.2 Å². The van der Waals surface area contributed by atoms with Crippen molar-refractivity contribution >= 4 is 57.5 Å². The number of thioether (sulfide) groups is 1. The predicted molar refractivity (Wildman–Crippen MR) is 140 cm³/mol. The van der Waals surface area contributed by atoms with Gasteiger partial charge in [0.1, 0.15) is 18.8 Å². The van der Waals surface area contributed by atoms with Crippen LogP contribution in [-0.2, 0) is 20.9 Å². The molecule has 0 saturated carbocycles. The zero-order valence-electron chi connectivity index (χ0n) is 19.6. The van der Waals surface area contributed by atoms with Crippen LogP contribution in [0.4, 0.5) is 4.79 Å². The van der Waals surface area contributed by atoms with Crippen LogP contribution in [0.15, 0.2) is 41.3 Å². The van der Waals surface area contributed by atoms with Crippen molar-refractivity contribution in [3.63, 3.8) is 0 Å². The van der Waals surface area contributed by atoms with Gasteiger partial charge in [-0.2, -0.15) is 0 Å². The second-order valence-electron chi connectivity index (χ2n) is 8.67. The molecule has 34 heavy (non-hydrogen) atoms. The van der Waals surface area contributed by atoms with Crippen LogP contribution in [0.5, 0.6) is 11.5 Å². The lowest BCUT2D eigenvalue weighted by molar-refractivity contribution is -0.156. The summed E-state index contributed by atoms with van der Waals surface area (Å²) < 4.78 is 17.6.